The molecule has 0 bridgehead atoms. The maximum Gasteiger partial charge on any atom is 0.279 e. The first-order chi connectivity index (χ1) is 13.6. The monoisotopic (exact) mass is 460 g/mol. The smallest absolute Gasteiger partial charge is 0.279 e. The second-order valence-electron chi connectivity index (χ2n) is 6.65. The van der Waals surface area contributed by atoms with Crippen LogP contribution in [-0.4, -0.2) is 17.1 Å². The van der Waals surface area contributed by atoms with Gasteiger partial charge in [-0.25, -0.2) is 0 Å². The summed E-state index contributed by atoms with van der Waals surface area (Å²) in [4.78, 5) is 18.0. The van der Waals surface area contributed by atoms with E-state index in [2.05, 4.69) is 51.5 Å². The number of fused-ring (bicyclic) bond motifs is 1. The Kier molecular flexibility index (Phi) is 7.45. The summed E-state index contributed by atoms with van der Waals surface area (Å²) in [6.45, 7) is 5.79. The van der Waals surface area contributed by atoms with E-state index in [1.54, 1.807) is 12.1 Å². The summed E-state index contributed by atoms with van der Waals surface area (Å²) < 4.78 is 10.0. The van der Waals surface area contributed by atoms with Crippen molar-refractivity contribution in [1.82, 2.24) is 4.57 Å². The number of amides is 1. The molecular weight excluding hydrogens is 436 g/mol. The van der Waals surface area contributed by atoms with E-state index in [-0.39, 0.29) is 5.91 Å². The van der Waals surface area contributed by atoms with Crippen LogP contribution in [0.4, 0.5) is 0 Å². The first-order valence-corrected chi connectivity index (χ1v) is 11.3. The number of carbonyl (C=O) groups is 1. The molecular formula is C22H25BrN2O2S. The molecule has 4 nitrogen and oxygen atoms in total. The summed E-state index contributed by atoms with van der Waals surface area (Å²) in [6.07, 6.45) is 4.30. The molecule has 0 aliphatic rings. The zero-order valence-electron chi connectivity index (χ0n) is 16.3. The van der Waals surface area contributed by atoms with Gasteiger partial charge in [0.25, 0.3) is 5.91 Å². The van der Waals surface area contributed by atoms with Crippen molar-refractivity contribution >= 4 is 43.4 Å². The van der Waals surface area contributed by atoms with E-state index in [0.29, 0.717) is 12.2 Å². The van der Waals surface area contributed by atoms with Crippen LogP contribution in [-0.2, 0) is 6.54 Å². The minimum absolute atomic E-state index is 0.241. The highest BCUT2D eigenvalue weighted by molar-refractivity contribution is 9.10. The zero-order chi connectivity index (χ0) is 19.9. The van der Waals surface area contributed by atoms with E-state index in [9.17, 15) is 4.79 Å². The van der Waals surface area contributed by atoms with E-state index in [0.717, 1.165) is 57.5 Å². The Bertz CT molecular complexity index is 1020. The highest BCUT2D eigenvalue weighted by Crippen LogP contribution is 2.23. The Morgan fingerprint density at radius 1 is 1.14 bits per heavy atom. The number of thiazole rings is 1. The maximum atomic E-state index is 12.8. The van der Waals surface area contributed by atoms with Crippen molar-refractivity contribution < 1.29 is 9.53 Å². The third-order valence-electron chi connectivity index (χ3n) is 4.39. The third kappa shape index (κ3) is 5.11. The first-order valence-electron chi connectivity index (χ1n) is 9.73. The molecule has 1 amide bonds. The van der Waals surface area contributed by atoms with Crippen LogP contribution in [0.25, 0.3) is 10.2 Å². The van der Waals surface area contributed by atoms with Crippen LogP contribution in [0.3, 0.4) is 0 Å². The average Bonchev–Trinajstić information content (AvgIpc) is 3.02. The normalized spacial score (nSPS) is 11.9. The molecule has 28 heavy (non-hydrogen) atoms. The Morgan fingerprint density at radius 2 is 2.00 bits per heavy atom. The van der Waals surface area contributed by atoms with Crippen molar-refractivity contribution in [2.45, 2.75) is 46.1 Å². The number of ether oxygens (including phenoxy) is 1. The van der Waals surface area contributed by atoms with Gasteiger partial charge in [0.2, 0.25) is 0 Å². The number of benzene rings is 2. The van der Waals surface area contributed by atoms with E-state index in [1.807, 2.05) is 18.2 Å². The number of aryl methyl sites for hydroxylation is 1. The standard InChI is InChI=1S/C22H25BrN2O2S/c1-3-5-6-13-27-18-9-7-8-16(14-18)21(26)24-22-25(12-4-2)19-11-10-17(23)15-20(19)28-22/h7-11,14-15H,3-6,12-13H2,1-2H3. The van der Waals surface area contributed by atoms with E-state index in [1.165, 1.54) is 11.3 Å². The third-order valence-corrected chi connectivity index (χ3v) is 5.92. The minimum Gasteiger partial charge on any atom is -0.494 e. The number of unbranched alkanes of at least 4 members (excludes halogenated alkanes) is 2. The van der Waals surface area contributed by atoms with Crippen molar-refractivity contribution in [2.75, 3.05) is 6.61 Å². The lowest BCUT2D eigenvalue weighted by atomic mass is 10.2. The largest absolute Gasteiger partial charge is 0.494 e. The van der Waals surface area contributed by atoms with E-state index in [4.69, 9.17) is 4.74 Å². The summed E-state index contributed by atoms with van der Waals surface area (Å²) >= 11 is 5.06. The van der Waals surface area contributed by atoms with Crippen LogP contribution in [0.5, 0.6) is 5.75 Å². The molecule has 0 aliphatic carbocycles. The molecule has 0 aliphatic heterocycles. The molecule has 3 rings (SSSR count). The fourth-order valence-electron chi connectivity index (χ4n) is 2.98. The van der Waals surface area contributed by atoms with Gasteiger partial charge in [-0.3, -0.25) is 4.79 Å². The predicted octanol–water partition coefficient (Wildman–Crippen LogP) is 6.19. The average molecular weight is 461 g/mol. The Hall–Kier alpha value is -1.92. The molecule has 0 spiro atoms. The Morgan fingerprint density at radius 3 is 2.79 bits per heavy atom. The molecule has 1 aromatic heterocycles. The van der Waals surface area contributed by atoms with Crippen molar-refractivity contribution in [3.05, 3.63) is 57.3 Å². The van der Waals surface area contributed by atoms with Crippen molar-refractivity contribution in [3.63, 3.8) is 0 Å². The second kappa shape index (κ2) is 10.0. The molecule has 0 saturated heterocycles. The van der Waals surface area contributed by atoms with Gasteiger partial charge in [-0.1, -0.05) is 60.0 Å². The van der Waals surface area contributed by atoms with Gasteiger partial charge >= 0.3 is 0 Å². The van der Waals surface area contributed by atoms with Crippen LogP contribution >= 0.6 is 27.3 Å². The number of carbonyl (C=O) groups excluding carboxylic acids is 1. The van der Waals surface area contributed by atoms with Gasteiger partial charge < -0.3 is 9.30 Å². The van der Waals surface area contributed by atoms with E-state index < -0.39 is 0 Å². The van der Waals surface area contributed by atoms with Crippen LogP contribution in [0.15, 0.2) is 51.9 Å². The van der Waals surface area contributed by atoms with Gasteiger partial charge in [0.05, 0.1) is 16.8 Å². The highest BCUT2D eigenvalue weighted by atomic mass is 79.9. The number of hydrogen-bond donors (Lipinski definition) is 0. The molecule has 1 heterocycles. The van der Waals surface area contributed by atoms with Crippen LogP contribution in [0, 0.1) is 0 Å². The van der Waals surface area contributed by atoms with Crippen LogP contribution in [0.1, 0.15) is 49.9 Å². The van der Waals surface area contributed by atoms with Gasteiger partial charge in [0.1, 0.15) is 5.75 Å². The van der Waals surface area contributed by atoms with Gasteiger partial charge in [-0.15, -0.1) is 0 Å². The number of halogens is 1. The lowest BCUT2D eigenvalue weighted by Crippen LogP contribution is -2.16. The first kappa shape index (κ1) is 20.8. The van der Waals surface area contributed by atoms with Gasteiger partial charge in [-0.2, -0.15) is 4.99 Å². The molecule has 0 saturated carbocycles. The van der Waals surface area contributed by atoms with Crippen molar-refractivity contribution in [2.24, 2.45) is 4.99 Å². The fourth-order valence-corrected chi connectivity index (χ4v) is 4.59. The van der Waals surface area contributed by atoms with Crippen LogP contribution < -0.4 is 9.54 Å². The predicted molar refractivity (Wildman–Crippen MR) is 119 cm³/mol. The Labute approximate surface area is 178 Å². The van der Waals surface area contributed by atoms with E-state index >= 15 is 0 Å². The SMILES string of the molecule is CCCCCOc1cccc(C(=O)N=c2sc3cc(Br)ccc3n2CCC)c1. The summed E-state index contributed by atoms with van der Waals surface area (Å²) in [6, 6.07) is 13.5. The maximum absolute atomic E-state index is 12.8. The Balaban J connectivity index is 1.89. The highest BCUT2D eigenvalue weighted by Gasteiger charge is 2.10. The van der Waals surface area contributed by atoms with Gasteiger partial charge in [0.15, 0.2) is 4.80 Å². The molecule has 0 fully saturated rings. The fraction of sp³-hybridized carbons (Fsp3) is 0.364. The van der Waals surface area contributed by atoms with Crippen molar-refractivity contribution in [3.8, 4) is 5.75 Å². The summed E-state index contributed by atoms with van der Waals surface area (Å²) in [5.41, 5.74) is 1.66. The quantitative estimate of drug-likeness (QED) is 0.376. The van der Waals surface area contributed by atoms with Crippen LogP contribution in [0.2, 0.25) is 0 Å². The van der Waals surface area contributed by atoms with Gasteiger partial charge in [-0.05, 0) is 49.2 Å². The van der Waals surface area contributed by atoms with Gasteiger partial charge in [0, 0.05) is 16.6 Å². The zero-order valence-corrected chi connectivity index (χ0v) is 18.7. The number of nitrogens with zero attached hydrogens (tertiary/aromatic N) is 2. The number of aromatic nitrogens is 1. The lowest BCUT2D eigenvalue weighted by Gasteiger charge is -2.06. The molecule has 0 radical (unpaired) electrons. The summed E-state index contributed by atoms with van der Waals surface area (Å²) in [5.74, 6) is 0.480. The molecule has 6 heteroatoms. The molecule has 2 aromatic carbocycles. The minimum atomic E-state index is -0.241. The molecule has 3 aromatic rings. The summed E-state index contributed by atoms with van der Waals surface area (Å²) in [5, 5.41) is 0. The lowest BCUT2D eigenvalue weighted by molar-refractivity contribution is 0.0997. The number of rotatable bonds is 8. The molecule has 0 N–H and O–H groups in total. The molecule has 148 valence electrons. The number of hydrogen-bond acceptors (Lipinski definition) is 3. The van der Waals surface area contributed by atoms with Crippen molar-refractivity contribution in [1.29, 1.82) is 0 Å². The molecule has 0 unspecified atom stereocenters. The summed E-state index contributed by atoms with van der Waals surface area (Å²) in [7, 11) is 0. The molecule has 0 atom stereocenters. The second-order valence-corrected chi connectivity index (χ2v) is 8.57. The topological polar surface area (TPSA) is 43.6 Å².